The van der Waals surface area contributed by atoms with Crippen LogP contribution in [0.2, 0.25) is 0 Å². The Bertz CT molecular complexity index is 393. The lowest BCUT2D eigenvalue weighted by molar-refractivity contribution is 0.408. The van der Waals surface area contributed by atoms with Gasteiger partial charge in [0.2, 0.25) is 10.0 Å². The Balaban J connectivity index is 3.17. The van der Waals surface area contributed by atoms with Crippen molar-refractivity contribution in [1.29, 1.82) is 0 Å². The molecular formula is C12H21NO2S. The average Bonchev–Trinajstić information content (AvgIpc) is 2.23. The van der Waals surface area contributed by atoms with Gasteiger partial charge in [-0.05, 0) is 12.8 Å². The molecule has 0 aromatic rings. The maximum absolute atomic E-state index is 12.5. The van der Waals surface area contributed by atoms with Gasteiger partial charge in [0.15, 0.2) is 0 Å². The number of allylic oxidation sites excluding steroid dienone is 3. The molecule has 16 heavy (non-hydrogen) atoms. The van der Waals surface area contributed by atoms with Gasteiger partial charge in [0, 0.05) is 13.1 Å². The molecule has 1 rings (SSSR count). The van der Waals surface area contributed by atoms with E-state index in [0.29, 0.717) is 13.1 Å². The van der Waals surface area contributed by atoms with Crippen molar-refractivity contribution in [1.82, 2.24) is 4.31 Å². The number of hydrogen-bond acceptors (Lipinski definition) is 2. The Labute approximate surface area is 98.9 Å². The van der Waals surface area contributed by atoms with Crippen LogP contribution in [0.1, 0.15) is 27.7 Å². The van der Waals surface area contributed by atoms with Crippen molar-refractivity contribution in [2.24, 2.45) is 5.92 Å². The summed E-state index contributed by atoms with van der Waals surface area (Å²) in [4.78, 5) is 0. The highest BCUT2D eigenvalue weighted by atomic mass is 32.2. The fraction of sp³-hybridized carbons (Fsp3) is 0.667. The van der Waals surface area contributed by atoms with Gasteiger partial charge in [-0.15, -0.1) is 0 Å². The Kier molecular flexibility index (Phi) is 3.97. The lowest BCUT2D eigenvalue weighted by Gasteiger charge is -2.36. The van der Waals surface area contributed by atoms with Gasteiger partial charge in [0.05, 0.1) is 0 Å². The molecule has 0 aromatic carbocycles. The molecule has 2 atom stereocenters. The summed E-state index contributed by atoms with van der Waals surface area (Å²) in [6.45, 7) is 8.54. The van der Waals surface area contributed by atoms with Crippen molar-refractivity contribution in [3.8, 4) is 0 Å². The van der Waals surface area contributed by atoms with Crippen molar-refractivity contribution in [3.05, 3.63) is 24.3 Å². The van der Waals surface area contributed by atoms with Crippen molar-refractivity contribution >= 4 is 10.0 Å². The molecule has 0 saturated carbocycles. The summed E-state index contributed by atoms with van der Waals surface area (Å²) in [7, 11) is -3.28. The van der Waals surface area contributed by atoms with Crippen molar-refractivity contribution < 1.29 is 8.42 Å². The first kappa shape index (κ1) is 13.5. The van der Waals surface area contributed by atoms with E-state index >= 15 is 0 Å². The molecule has 0 aromatic heterocycles. The second-order valence-corrected chi connectivity index (χ2v) is 6.65. The zero-order valence-corrected chi connectivity index (χ0v) is 11.3. The van der Waals surface area contributed by atoms with E-state index in [9.17, 15) is 8.42 Å². The molecule has 0 spiro atoms. The second kappa shape index (κ2) is 4.72. The predicted molar refractivity (Wildman–Crippen MR) is 67.7 cm³/mol. The molecule has 2 unspecified atom stereocenters. The zero-order valence-electron chi connectivity index (χ0n) is 10.5. The van der Waals surface area contributed by atoms with Crippen LogP contribution in [0.3, 0.4) is 0 Å². The molecule has 3 nitrogen and oxygen atoms in total. The molecule has 0 heterocycles. The molecule has 1 aliphatic rings. The lowest BCUT2D eigenvalue weighted by atomic mass is 9.91. The lowest BCUT2D eigenvalue weighted by Crippen LogP contribution is -2.49. The topological polar surface area (TPSA) is 37.4 Å². The SMILES string of the molecule is CCN(CC)S(=O)(=O)C1(C)C=CC=CC1C. The molecule has 4 heteroatoms. The van der Waals surface area contributed by atoms with Crippen LogP contribution in [0.25, 0.3) is 0 Å². The molecule has 0 aliphatic heterocycles. The highest BCUT2D eigenvalue weighted by Gasteiger charge is 2.44. The van der Waals surface area contributed by atoms with Gasteiger partial charge in [-0.3, -0.25) is 0 Å². The van der Waals surface area contributed by atoms with Gasteiger partial charge in [-0.25, -0.2) is 12.7 Å². The molecule has 0 amide bonds. The fourth-order valence-corrected chi connectivity index (χ4v) is 4.02. The van der Waals surface area contributed by atoms with Crippen LogP contribution >= 0.6 is 0 Å². The van der Waals surface area contributed by atoms with E-state index in [2.05, 4.69) is 0 Å². The van der Waals surface area contributed by atoms with Crippen LogP contribution in [-0.4, -0.2) is 30.6 Å². The first-order valence-corrected chi connectivity index (χ1v) is 7.19. The van der Waals surface area contributed by atoms with E-state index in [1.165, 1.54) is 4.31 Å². The number of rotatable bonds is 4. The Morgan fingerprint density at radius 1 is 1.25 bits per heavy atom. The van der Waals surface area contributed by atoms with E-state index in [0.717, 1.165) is 0 Å². The van der Waals surface area contributed by atoms with Crippen LogP contribution in [0, 0.1) is 5.92 Å². The molecule has 0 N–H and O–H groups in total. The summed E-state index contributed by atoms with van der Waals surface area (Å²) >= 11 is 0. The van der Waals surface area contributed by atoms with E-state index < -0.39 is 14.8 Å². The van der Waals surface area contributed by atoms with E-state index in [4.69, 9.17) is 0 Å². The Hall–Kier alpha value is -0.610. The minimum absolute atomic E-state index is 0.00287. The zero-order chi connectivity index (χ0) is 12.4. The van der Waals surface area contributed by atoms with Crippen molar-refractivity contribution in [2.75, 3.05) is 13.1 Å². The molecule has 0 radical (unpaired) electrons. The third kappa shape index (κ3) is 1.96. The third-order valence-corrected chi connectivity index (χ3v) is 6.26. The minimum Gasteiger partial charge on any atom is -0.211 e. The van der Waals surface area contributed by atoms with Gasteiger partial charge < -0.3 is 0 Å². The standard InChI is InChI=1S/C12H21NO2S/c1-5-13(6-2)16(14,15)12(4)10-8-7-9-11(12)3/h7-11H,5-6H2,1-4H3. The van der Waals surface area contributed by atoms with E-state index in [-0.39, 0.29) is 5.92 Å². The van der Waals surface area contributed by atoms with Gasteiger partial charge in [0.25, 0.3) is 0 Å². The van der Waals surface area contributed by atoms with Crippen molar-refractivity contribution in [3.63, 3.8) is 0 Å². The minimum atomic E-state index is -3.28. The molecule has 0 bridgehead atoms. The monoisotopic (exact) mass is 243 g/mol. The van der Waals surface area contributed by atoms with E-state index in [1.54, 1.807) is 13.0 Å². The smallest absolute Gasteiger partial charge is 0.211 e. The first-order chi connectivity index (χ1) is 7.40. The summed E-state index contributed by atoms with van der Waals surface area (Å²) in [5, 5.41) is 0. The number of hydrogen-bond donors (Lipinski definition) is 0. The Morgan fingerprint density at radius 2 is 1.81 bits per heavy atom. The van der Waals surface area contributed by atoms with Crippen LogP contribution < -0.4 is 0 Å². The number of nitrogens with zero attached hydrogens (tertiary/aromatic N) is 1. The number of sulfonamides is 1. The third-order valence-electron chi connectivity index (χ3n) is 3.44. The molecule has 92 valence electrons. The van der Waals surface area contributed by atoms with Gasteiger partial charge >= 0.3 is 0 Å². The van der Waals surface area contributed by atoms with Crippen molar-refractivity contribution in [2.45, 2.75) is 32.4 Å². The molecular weight excluding hydrogens is 222 g/mol. The Morgan fingerprint density at radius 3 is 2.25 bits per heavy atom. The largest absolute Gasteiger partial charge is 0.223 e. The van der Waals surface area contributed by atoms with Crippen LogP contribution in [-0.2, 0) is 10.0 Å². The van der Waals surface area contributed by atoms with Crippen LogP contribution in [0.4, 0.5) is 0 Å². The predicted octanol–water partition coefficient (Wildman–Crippen LogP) is 2.18. The summed E-state index contributed by atoms with van der Waals surface area (Å²) in [5.74, 6) is 0.00287. The quantitative estimate of drug-likeness (QED) is 0.759. The molecule has 0 fully saturated rings. The highest BCUT2D eigenvalue weighted by Crippen LogP contribution is 2.34. The maximum atomic E-state index is 12.5. The van der Waals surface area contributed by atoms with Gasteiger partial charge in [-0.1, -0.05) is 45.1 Å². The average molecular weight is 243 g/mol. The summed E-state index contributed by atoms with van der Waals surface area (Å²) < 4.78 is 25.8. The maximum Gasteiger partial charge on any atom is 0.223 e. The molecule has 1 aliphatic carbocycles. The van der Waals surface area contributed by atoms with Gasteiger partial charge in [0.1, 0.15) is 4.75 Å². The van der Waals surface area contributed by atoms with Crippen LogP contribution in [0.15, 0.2) is 24.3 Å². The van der Waals surface area contributed by atoms with Gasteiger partial charge in [-0.2, -0.15) is 0 Å². The summed E-state index contributed by atoms with van der Waals surface area (Å²) in [6.07, 6.45) is 7.47. The normalized spacial score (nSPS) is 29.9. The van der Waals surface area contributed by atoms with E-state index in [1.807, 2.05) is 39.0 Å². The summed E-state index contributed by atoms with van der Waals surface area (Å²) in [6, 6.07) is 0. The fourth-order valence-electron chi connectivity index (χ4n) is 1.98. The second-order valence-electron chi connectivity index (χ2n) is 4.31. The first-order valence-electron chi connectivity index (χ1n) is 5.75. The highest BCUT2D eigenvalue weighted by molar-refractivity contribution is 7.90. The van der Waals surface area contributed by atoms with Crippen LogP contribution in [0.5, 0.6) is 0 Å². The summed E-state index contributed by atoms with van der Waals surface area (Å²) in [5.41, 5.74) is 0. The molecule has 0 saturated heterocycles.